The first-order valence-corrected chi connectivity index (χ1v) is 8.17. The van der Waals surface area contributed by atoms with Gasteiger partial charge in [-0.05, 0) is 24.2 Å². The SMILES string of the molecule is CSCC[C@@H]([NH3+])C(=O)NN=CC1=Cc2ccccc2OC1. The molecule has 0 aliphatic carbocycles. The van der Waals surface area contributed by atoms with Crippen LogP contribution in [0.1, 0.15) is 12.0 Å². The summed E-state index contributed by atoms with van der Waals surface area (Å²) in [5.74, 6) is 1.63. The molecule has 0 saturated heterocycles. The molecule has 1 aromatic rings. The van der Waals surface area contributed by atoms with E-state index in [0.717, 1.165) is 29.1 Å². The lowest BCUT2D eigenvalue weighted by atomic mass is 10.1. The molecule has 4 N–H and O–H groups in total. The van der Waals surface area contributed by atoms with Gasteiger partial charge in [0.2, 0.25) is 0 Å². The zero-order chi connectivity index (χ0) is 15.1. The molecule has 21 heavy (non-hydrogen) atoms. The molecule has 6 heteroatoms. The number of ether oxygens (including phenoxy) is 1. The summed E-state index contributed by atoms with van der Waals surface area (Å²) in [5, 5.41) is 3.98. The Hall–Kier alpha value is -1.79. The standard InChI is InChI=1S/C15H19N3O2S/c1-21-7-6-13(16)15(19)18-17-9-11-8-12-4-2-3-5-14(12)20-10-11/h2-5,8-9,13H,6-7,10,16H2,1H3,(H,18,19)/p+1/t13-/m1/s1. The van der Waals surface area contributed by atoms with Crippen LogP contribution in [-0.2, 0) is 4.79 Å². The van der Waals surface area contributed by atoms with Crippen molar-refractivity contribution >= 4 is 30.0 Å². The number of nitrogens with one attached hydrogen (secondary N) is 1. The summed E-state index contributed by atoms with van der Waals surface area (Å²) in [6.07, 6.45) is 6.39. The molecule has 1 atom stereocenters. The monoisotopic (exact) mass is 306 g/mol. The van der Waals surface area contributed by atoms with Crippen molar-refractivity contribution in [3.05, 3.63) is 35.4 Å². The van der Waals surface area contributed by atoms with E-state index in [0.29, 0.717) is 6.61 Å². The third kappa shape index (κ3) is 4.61. The van der Waals surface area contributed by atoms with Crippen LogP contribution in [-0.4, -0.2) is 36.8 Å². The van der Waals surface area contributed by atoms with Gasteiger partial charge in [0.25, 0.3) is 5.91 Å². The highest BCUT2D eigenvalue weighted by atomic mass is 32.2. The van der Waals surface area contributed by atoms with Gasteiger partial charge in [-0.15, -0.1) is 0 Å². The number of rotatable bonds is 6. The van der Waals surface area contributed by atoms with Crippen LogP contribution < -0.4 is 15.9 Å². The maximum absolute atomic E-state index is 11.7. The second-order valence-corrected chi connectivity index (χ2v) is 5.74. The molecular weight excluding hydrogens is 286 g/mol. The van der Waals surface area contributed by atoms with Gasteiger partial charge in [0, 0.05) is 17.6 Å². The number of fused-ring (bicyclic) bond motifs is 1. The summed E-state index contributed by atoms with van der Waals surface area (Å²) in [6.45, 7) is 0.455. The summed E-state index contributed by atoms with van der Waals surface area (Å²) in [5.41, 5.74) is 8.29. The van der Waals surface area contributed by atoms with E-state index in [9.17, 15) is 4.79 Å². The van der Waals surface area contributed by atoms with Gasteiger partial charge in [-0.3, -0.25) is 4.79 Å². The number of carbonyl (C=O) groups excluding carboxylic acids is 1. The number of thioether (sulfide) groups is 1. The number of quaternary nitrogens is 1. The van der Waals surface area contributed by atoms with Crippen LogP contribution in [0.5, 0.6) is 5.75 Å². The van der Waals surface area contributed by atoms with E-state index >= 15 is 0 Å². The van der Waals surface area contributed by atoms with Crippen molar-refractivity contribution in [2.45, 2.75) is 12.5 Å². The fourth-order valence-electron chi connectivity index (χ4n) is 1.87. The third-order valence-electron chi connectivity index (χ3n) is 3.10. The van der Waals surface area contributed by atoms with Crippen LogP contribution in [0, 0.1) is 0 Å². The van der Waals surface area contributed by atoms with Crippen molar-refractivity contribution in [1.82, 2.24) is 5.43 Å². The predicted octanol–water partition coefficient (Wildman–Crippen LogP) is 0.928. The van der Waals surface area contributed by atoms with Crippen LogP contribution in [0.2, 0.25) is 0 Å². The Morgan fingerprint density at radius 2 is 2.38 bits per heavy atom. The van der Waals surface area contributed by atoms with E-state index < -0.39 is 0 Å². The highest BCUT2D eigenvalue weighted by molar-refractivity contribution is 7.98. The number of para-hydroxylation sites is 1. The summed E-state index contributed by atoms with van der Waals surface area (Å²) >= 11 is 1.70. The number of hydrogen-bond donors (Lipinski definition) is 2. The first-order valence-electron chi connectivity index (χ1n) is 6.78. The Bertz CT molecular complexity index is 558. The molecule has 1 aliphatic rings. The minimum atomic E-state index is -0.271. The molecule has 0 unspecified atom stereocenters. The lowest BCUT2D eigenvalue weighted by Crippen LogP contribution is -2.67. The van der Waals surface area contributed by atoms with Gasteiger partial charge in [0.05, 0.1) is 6.21 Å². The molecule has 0 spiro atoms. The summed E-state index contributed by atoms with van der Waals surface area (Å²) < 4.78 is 5.61. The Morgan fingerprint density at radius 1 is 1.57 bits per heavy atom. The van der Waals surface area contributed by atoms with Crippen molar-refractivity contribution in [1.29, 1.82) is 0 Å². The van der Waals surface area contributed by atoms with Crippen molar-refractivity contribution in [3.63, 3.8) is 0 Å². The number of benzene rings is 1. The Balaban J connectivity index is 1.88. The number of carbonyl (C=O) groups is 1. The van der Waals surface area contributed by atoms with Gasteiger partial charge in [-0.25, -0.2) is 5.43 Å². The van der Waals surface area contributed by atoms with Crippen LogP contribution >= 0.6 is 11.8 Å². The van der Waals surface area contributed by atoms with E-state index in [1.807, 2.05) is 36.6 Å². The maximum atomic E-state index is 11.7. The lowest BCUT2D eigenvalue weighted by Gasteiger charge is -2.15. The molecule has 0 bridgehead atoms. The zero-order valence-corrected chi connectivity index (χ0v) is 12.9. The van der Waals surface area contributed by atoms with Gasteiger partial charge in [0.1, 0.15) is 12.4 Å². The van der Waals surface area contributed by atoms with Crippen LogP contribution in [0.3, 0.4) is 0 Å². The minimum absolute atomic E-state index is 0.155. The first-order chi connectivity index (χ1) is 10.2. The highest BCUT2D eigenvalue weighted by Crippen LogP contribution is 2.24. The number of hydrogen-bond acceptors (Lipinski definition) is 4. The average Bonchev–Trinajstić information content (AvgIpc) is 2.52. The Labute approximate surface area is 128 Å². The molecule has 0 radical (unpaired) electrons. The smallest absolute Gasteiger partial charge is 0.298 e. The van der Waals surface area contributed by atoms with E-state index in [1.165, 1.54) is 0 Å². The molecular formula is C15H20N3O2S+. The molecule has 5 nitrogen and oxygen atoms in total. The molecule has 2 rings (SSSR count). The third-order valence-corrected chi connectivity index (χ3v) is 3.74. The molecule has 1 aromatic carbocycles. The fourth-order valence-corrected chi connectivity index (χ4v) is 2.39. The van der Waals surface area contributed by atoms with E-state index in [-0.39, 0.29) is 11.9 Å². The van der Waals surface area contributed by atoms with Gasteiger partial charge < -0.3 is 10.5 Å². The van der Waals surface area contributed by atoms with E-state index in [2.05, 4.69) is 16.3 Å². The highest BCUT2D eigenvalue weighted by Gasteiger charge is 2.15. The van der Waals surface area contributed by atoms with Gasteiger partial charge in [-0.2, -0.15) is 16.9 Å². The Kier molecular flexibility index (Phi) is 5.83. The first kappa shape index (κ1) is 15.6. The van der Waals surface area contributed by atoms with Crippen LogP contribution in [0.4, 0.5) is 0 Å². The molecule has 112 valence electrons. The zero-order valence-electron chi connectivity index (χ0n) is 12.0. The molecule has 0 saturated carbocycles. The van der Waals surface area contributed by atoms with E-state index in [1.54, 1.807) is 18.0 Å². The second-order valence-electron chi connectivity index (χ2n) is 4.76. The van der Waals surface area contributed by atoms with Crippen molar-refractivity contribution in [3.8, 4) is 5.75 Å². The normalized spacial score (nSPS) is 15.0. The van der Waals surface area contributed by atoms with Crippen molar-refractivity contribution < 1.29 is 15.3 Å². The topological polar surface area (TPSA) is 78.3 Å². The van der Waals surface area contributed by atoms with Crippen LogP contribution in [0.25, 0.3) is 6.08 Å². The minimum Gasteiger partial charge on any atom is -0.488 e. The Morgan fingerprint density at radius 3 is 3.19 bits per heavy atom. The molecule has 1 aliphatic heterocycles. The maximum Gasteiger partial charge on any atom is 0.298 e. The molecule has 1 heterocycles. The largest absolute Gasteiger partial charge is 0.488 e. The van der Waals surface area contributed by atoms with Crippen molar-refractivity contribution in [2.75, 3.05) is 18.6 Å². The molecule has 1 amide bonds. The second kappa shape index (κ2) is 7.85. The average molecular weight is 306 g/mol. The summed E-state index contributed by atoms with van der Waals surface area (Å²) in [7, 11) is 0. The van der Waals surface area contributed by atoms with Gasteiger partial charge >= 0.3 is 0 Å². The van der Waals surface area contributed by atoms with Gasteiger partial charge in [-0.1, -0.05) is 18.2 Å². The summed E-state index contributed by atoms with van der Waals surface area (Å²) in [4.78, 5) is 11.7. The molecule has 0 aromatic heterocycles. The number of amides is 1. The number of hydrazone groups is 1. The van der Waals surface area contributed by atoms with E-state index in [4.69, 9.17) is 4.74 Å². The van der Waals surface area contributed by atoms with Crippen molar-refractivity contribution in [2.24, 2.45) is 5.10 Å². The van der Waals surface area contributed by atoms with Gasteiger partial charge in [0.15, 0.2) is 6.04 Å². The lowest BCUT2D eigenvalue weighted by molar-refractivity contribution is -0.403. The fraction of sp³-hybridized carbons (Fsp3) is 0.333. The quantitative estimate of drug-likeness (QED) is 0.606. The summed E-state index contributed by atoms with van der Waals surface area (Å²) in [6, 6.07) is 7.54. The predicted molar refractivity (Wildman–Crippen MR) is 86.2 cm³/mol. The van der Waals surface area contributed by atoms with Crippen LogP contribution in [0.15, 0.2) is 34.9 Å². The number of nitrogens with zero attached hydrogens (tertiary/aromatic N) is 1. The molecule has 0 fully saturated rings.